The van der Waals surface area contributed by atoms with E-state index in [2.05, 4.69) is 71.7 Å². The molecule has 0 aliphatic carbocycles. The van der Waals surface area contributed by atoms with Crippen molar-refractivity contribution >= 4 is 28.5 Å². The summed E-state index contributed by atoms with van der Waals surface area (Å²) in [6.07, 6.45) is 3.70. The minimum absolute atomic E-state index is 0.964. The number of hydrogen-bond acceptors (Lipinski definition) is 2. The van der Waals surface area contributed by atoms with Gasteiger partial charge in [-0.2, -0.15) is 0 Å². The van der Waals surface area contributed by atoms with Crippen LogP contribution in [0.5, 0.6) is 0 Å². The molecular weight excluding hydrogens is 397 g/mol. The molecule has 5 aromatic rings. The van der Waals surface area contributed by atoms with E-state index >= 15 is 0 Å². The average molecular weight is 417 g/mol. The van der Waals surface area contributed by atoms with Crippen LogP contribution in [0.25, 0.3) is 44.2 Å². The maximum atomic E-state index is 14.1. The topological polar surface area (TPSA) is 30.0 Å². The molecular formula is C28H20NOP. The third-order valence-corrected chi connectivity index (χ3v) is 8.91. The normalized spacial score (nSPS) is 16.8. The molecule has 0 radical (unpaired) electrons. The molecule has 6 rings (SSSR count). The maximum Gasteiger partial charge on any atom is 0.142 e. The lowest BCUT2D eigenvalue weighted by Crippen LogP contribution is -2.11. The van der Waals surface area contributed by atoms with Crippen LogP contribution in [0.15, 0.2) is 103 Å². The zero-order valence-corrected chi connectivity index (χ0v) is 18.0. The Balaban J connectivity index is 1.67. The van der Waals surface area contributed by atoms with Crippen molar-refractivity contribution < 1.29 is 4.57 Å². The van der Waals surface area contributed by atoms with E-state index in [-0.39, 0.29) is 0 Å². The number of hydrogen-bond donors (Lipinski definition) is 0. The van der Waals surface area contributed by atoms with Crippen molar-refractivity contribution in [1.82, 2.24) is 4.98 Å². The summed E-state index contributed by atoms with van der Waals surface area (Å²) in [5.74, 6) is 0. The summed E-state index contributed by atoms with van der Waals surface area (Å²) >= 11 is 0. The van der Waals surface area contributed by atoms with Crippen molar-refractivity contribution in [3.63, 3.8) is 0 Å². The van der Waals surface area contributed by atoms with E-state index in [9.17, 15) is 4.57 Å². The molecule has 0 spiro atoms. The molecule has 0 saturated carbocycles. The molecule has 148 valence electrons. The van der Waals surface area contributed by atoms with Gasteiger partial charge in [0.15, 0.2) is 0 Å². The number of benzene rings is 4. The van der Waals surface area contributed by atoms with Gasteiger partial charge in [-0.15, -0.1) is 0 Å². The summed E-state index contributed by atoms with van der Waals surface area (Å²) < 4.78 is 14.1. The Bertz CT molecular complexity index is 1520. The van der Waals surface area contributed by atoms with Gasteiger partial charge in [-0.25, -0.2) is 0 Å². The van der Waals surface area contributed by atoms with Gasteiger partial charge >= 0.3 is 0 Å². The lowest BCUT2D eigenvalue weighted by atomic mass is 9.92. The summed E-state index contributed by atoms with van der Waals surface area (Å²) in [6.45, 7) is 1.91. The summed E-state index contributed by atoms with van der Waals surface area (Å²) in [4.78, 5) is 4.33. The molecule has 1 aromatic heterocycles. The largest absolute Gasteiger partial charge is 0.314 e. The Morgan fingerprint density at radius 3 is 2.32 bits per heavy atom. The van der Waals surface area contributed by atoms with E-state index in [0.717, 1.165) is 49.4 Å². The number of rotatable bonds is 2. The first kappa shape index (κ1) is 18.3. The van der Waals surface area contributed by atoms with Crippen molar-refractivity contribution in [2.24, 2.45) is 0 Å². The van der Waals surface area contributed by atoms with Gasteiger partial charge in [0, 0.05) is 28.6 Å². The molecule has 4 aromatic carbocycles. The summed E-state index contributed by atoms with van der Waals surface area (Å²) in [5.41, 5.74) is 6.55. The van der Waals surface area contributed by atoms with E-state index in [0.29, 0.717) is 0 Å². The van der Waals surface area contributed by atoms with Crippen molar-refractivity contribution in [3.05, 3.63) is 103 Å². The number of nitrogens with zero attached hydrogens (tertiary/aromatic N) is 1. The molecule has 0 amide bonds. The second-order valence-corrected chi connectivity index (χ2v) is 10.9. The van der Waals surface area contributed by atoms with E-state index in [1.54, 1.807) is 6.20 Å². The maximum absolute atomic E-state index is 14.1. The fourth-order valence-corrected chi connectivity index (χ4v) is 7.46. The molecule has 0 saturated heterocycles. The molecule has 0 N–H and O–H groups in total. The van der Waals surface area contributed by atoms with Crippen LogP contribution in [0, 0.1) is 0 Å². The quantitative estimate of drug-likeness (QED) is 0.307. The van der Waals surface area contributed by atoms with Gasteiger partial charge in [-0.1, -0.05) is 72.8 Å². The number of aromatic nitrogens is 1. The predicted octanol–water partition coefficient (Wildman–Crippen LogP) is 6.49. The van der Waals surface area contributed by atoms with Crippen molar-refractivity contribution in [1.29, 1.82) is 0 Å². The van der Waals surface area contributed by atoms with Crippen molar-refractivity contribution in [2.45, 2.75) is 0 Å². The van der Waals surface area contributed by atoms with Crippen LogP contribution >= 0.6 is 7.14 Å². The van der Waals surface area contributed by atoms with E-state index in [4.69, 9.17) is 0 Å². The molecule has 3 heteroatoms. The third kappa shape index (κ3) is 2.72. The fraction of sp³-hybridized carbons (Fsp3) is 0.0357. The zero-order chi connectivity index (χ0) is 21.0. The smallest absolute Gasteiger partial charge is 0.142 e. The molecule has 2 nitrogen and oxygen atoms in total. The molecule has 1 atom stereocenters. The van der Waals surface area contributed by atoms with E-state index in [1.165, 1.54) is 5.39 Å². The van der Waals surface area contributed by atoms with Crippen molar-refractivity contribution in [2.75, 3.05) is 6.66 Å². The summed E-state index contributed by atoms with van der Waals surface area (Å²) in [6, 6.07) is 31.3. The lowest BCUT2D eigenvalue weighted by molar-refractivity contribution is 0.591. The predicted molar refractivity (Wildman–Crippen MR) is 131 cm³/mol. The Kier molecular flexibility index (Phi) is 4.00. The fourth-order valence-electron chi connectivity index (χ4n) is 4.87. The van der Waals surface area contributed by atoms with Crippen LogP contribution in [0.4, 0.5) is 0 Å². The van der Waals surface area contributed by atoms with Crippen LogP contribution in [-0.4, -0.2) is 11.6 Å². The van der Waals surface area contributed by atoms with Gasteiger partial charge in [-0.3, -0.25) is 4.98 Å². The third-order valence-electron chi connectivity index (χ3n) is 6.26. The van der Waals surface area contributed by atoms with Crippen LogP contribution in [0.2, 0.25) is 0 Å². The first-order valence-electron chi connectivity index (χ1n) is 10.4. The first-order chi connectivity index (χ1) is 15.1. The Morgan fingerprint density at radius 1 is 0.677 bits per heavy atom. The Morgan fingerprint density at radius 2 is 1.45 bits per heavy atom. The average Bonchev–Trinajstić information content (AvgIpc) is 3.06. The van der Waals surface area contributed by atoms with E-state index < -0.39 is 7.14 Å². The molecule has 1 unspecified atom stereocenters. The highest BCUT2D eigenvalue weighted by Crippen LogP contribution is 2.52. The highest BCUT2D eigenvalue weighted by molar-refractivity contribution is 7.79. The van der Waals surface area contributed by atoms with E-state index in [1.807, 2.05) is 37.1 Å². The van der Waals surface area contributed by atoms with Gasteiger partial charge in [0.1, 0.15) is 7.14 Å². The first-order valence-corrected chi connectivity index (χ1v) is 12.5. The van der Waals surface area contributed by atoms with Gasteiger partial charge in [0.25, 0.3) is 0 Å². The van der Waals surface area contributed by atoms with Crippen LogP contribution < -0.4 is 10.6 Å². The van der Waals surface area contributed by atoms with Crippen LogP contribution in [-0.2, 0) is 4.57 Å². The lowest BCUT2D eigenvalue weighted by Gasteiger charge is -2.16. The number of pyridine rings is 1. The van der Waals surface area contributed by atoms with Gasteiger partial charge < -0.3 is 4.57 Å². The molecule has 0 bridgehead atoms. The molecule has 0 fully saturated rings. The van der Waals surface area contributed by atoms with Gasteiger partial charge in [0.2, 0.25) is 0 Å². The van der Waals surface area contributed by atoms with Crippen LogP contribution in [0.3, 0.4) is 0 Å². The van der Waals surface area contributed by atoms with Gasteiger partial charge in [-0.05, 0) is 63.5 Å². The minimum Gasteiger partial charge on any atom is -0.314 e. The van der Waals surface area contributed by atoms with Crippen LogP contribution in [0.1, 0.15) is 0 Å². The molecule has 31 heavy (non-hydrogen) atoms. The monoisotopic (exact) mass is 417 g/mol. The second kappa shape index (κ2) is 6.77. The zero-order valence-electron chi connectivity index (χ0n) is 17.1. The standard InChI is InChI=1S/C28H20NOP/c1-31(30)27-14-5-4-11-24(27)25-13-6-12-23(28(25)31)21-16-19-8-2-3-10-22(19)26(17-21)20-9-7-15-29-18-20/h2-18H,1H3. The number of fused-ring (bicyclic) bond motifs is 4. The molecule has 1 aliphatic heterocycles. The van der Waals surface area contributed by atoms with Gasteiger partial charge in [0.05, 0.1) is 0 Å². The highest BCUT2D eigenvalue weighted by atomic mass is 31.2. The van der Waals surface area contributed by atoms with Crippen molar-refractivity contribution in [3.8, 4) is 33.4 Å². The molecule has 1 aliphatic rings. The second-order valence-electron chi connectivity index (χ2n) is 8.13. The minimum atomic E-state index is -2.69. The summed E-state index contributed by atoms with van der Waals surface area (Å²) in [7, 11) is -2.69. The molecule has 2 heterocycles. The highest BCUT2D eigenvalue weighted by Gasteiger charge is 2.36. The Labute approximate surface area is 181 Å². The Hall–Kier alpha value is -3.48. The SMILES string of the molecule is CP1(=O)c2ccccc2-c2cccc(-c3cc(-c4cccnc4)c4ccccc4c3)c21. The summed E-state index contributed by atoms with van der Waals surface area (Å²) in [5, 5.41) is 4.29.